The van der Waals surface area contributed by atoms with Gasteiger partial charge in [0.25, 0.3) is 5.91 Å². The Labute approximate surface area is 162 Å². The molecule has 3 heterocycles. The number of hydrogen-bond donors (Lipinski definition) is 0. The summed E-state index contributed by atoms with van der Waals surface area (Å²) in [5.74, 6) is 0.0987. The van der Waals surface area contributed by atoms with Crippen LogP contribution in [-0.2, 0) is 11.3 Å². The predicted octanol–water partition coefficient (Wildman–Crippen LogP) is 3.16. The number of benzene rings is 1. The van der Waals surface area contributed by atoms with Crippen LogP contribution in [-0.4, -0.2) is 51.8 Å². The molecule has 2 amide bonds. The number of carbonyl (C=O) groups excluding carboxylic acids is 2. The molecule has 3 aromatic rings. The van der Waals surface area contributed by atoms with Crippen molar-refractivity contribution in [1.82, 2.24) is 19.4 Å². The van der Waals surface area contributed by atoms with Crippen molar-refractivity contribution in [2.75, 3.05) is 20.6 Å². The number of likely N-dealkylation sites (tertiary alicyclic amines) is 1. The van der Waals surface area contributed by atoms with Crippen LogP contribution in [0.4, 0.5) is 0 Å². The summed E-state index contributed by atoms with van der Waals surface area (Å²) in [4.78, 5) is 34.9. The molecule has 1 fully saturated rings. The second kappa shape index (κ2) is 7.15. The number of aromatic nitrogens is 2. The highest BCUT2D eigenvalue weighted by Gasteiger charge is 2.31. The summed E-state index contributed by atoms with van der Waals surface area (Å²) >= 11 is 1.49. The van der Waals surface area contributed by atoms with E-state index in [2.05, 4.69) is 4.98 Å². The van der Waals surface area contributed by atoms with Gasteiger partial charge in [-0.05, 0) is 37.1 Å². The Morgan fingerprint density at radius 3 is 2.85 bits per heavy atom. The highest BCUT2D eigenvalue weighted by atomic mass is 32.1. The lowest BCUT2D eigenvalue weighted by molar-refractivity contribution is -0.132. The van der Waals surface area contributed by atoms with Crippen molar-refractivity contribution in [2.24, 2.45) is 0 Å². The third-order valence-corrected chi connectivity index (χ3v) is 6.15. The van der Waals surface area contributed by atoms with E-state index in [-0.39, 0.29) is 24.4 Å². The SMILES string of the molecule is CN(C)C(=O)c1ccc(C2CCCN2C(=O)Cn2cnc3ccccc32)s1. The van der Waals surface area contributed by atoms with Gasteiger partial charge in [0, 0.05) is 25.5 Å². The standard InChI is InChI=1S/C20H22N4O2S/c1-22(2)20(26)18-10-9-17(27-18)16-8-5-11-24(16)19(25)12-23-13-21-14-6-3-4-7-15(14)23/h3-4,6-7,9-10,13,16H,5,8,11-12H2,1-2H3. The summed E-state index contributed by atoms with van der Waals surface area (Å²) in [6.45, 7) is 1.04. The lowest BCUT2D eigenvalue weighted by Gasteiger charge is -2.24. The molecule has 1 aliphatic heterocycles. The summed E-state index contributed by atoms with van der Waals surface area (Å²) in [6.07, 6.45) is 3.65. The molecule has 0 saturated carbocycles. The first-order chi connectivity index (χ1) is 13.0. The zero-order valence-electron chi connectivity index (χ0n) is 15.5. The highest BCUT2D eigenvalue weighted by molar-refractivity contribution is 7.14. The van der Waals surface area contributed by atoms with Crippen LogP contribution >= 0.6 is 11.3 Å². The van der Waals surface area contributed by atoms with Crippen molar-refractivity contribution in [3.8, 4) is 0 Å². The molecule has 0 spiro atoms. The van der Waals surface area contributed by atoms with Crippen LogP contribution in [0.3, 0.4) is 0 Å². The largest absolute Gasteiger partial charge is 0.344 e. The van der Waals surface area contributed by atoms with E-state index in [1.807, 2.05) is 45.9 Å². The van der Waals surface area contributed by atoms with Gasteiger partial charge in [-0.15, -0.1) is 11.3 Å². The van der Waals surface area contributed by atoms with E-state index < -0.39 is 0 Å². The maximum absolute atomic E-state index is 13.0. The Bertz CT molecular complexity index is 991. The zero-order chi connectivity index (χ0) is 19.0. The molecule has 140 valence electrons. The maximum Gasteiger partial charge on any atom is 0.263 e. The van der Waals surface area contributed by atoms with Gasteiger partial charge in [0.15, 0.2) is 0 Å². The van der Waals surface area contributed by atoms with Crippen molar-refractivity contribution < 1.29 is 9.59 Å². The smallest absolute Gasteiger partial charge is 0.263 e. The molecule has 0 radical (unpaired) electrons. The molecule has 0 N–H and O–H groups in total. The van der Waals surface area contributed by atoms with Crippen LogP contribution in [0.15, 0.2) is 42.7 Å². The number of thiophene rings is 1. The Kier molecular flexibility index (Phi) is 4.70. The third-order valence-electron chi connectivity index (χ3n) is 4.98. The number of imidazole rings is 1. The van der Waals surface area contributed by atoms with E-state index in [4.69, 9.17) is 0 Å². The first-order valence-corrected chi connectivity index (χ1v) is 9.87. The second-order valence-corrected chi connectivity index (χ2v) is 8.12. The minimum atomic E-state index is 0.00649. The van der Waals surface area contributed by atoms with E-state index in [1.54, 1.807) is 25.3 Å². The van der Waals surface area contributed by atoms with Crippen molar-refractivity contribution in [1.29, 1.82) is 0 Å². The molecule has 1 unspecified atom stereocenters. The monoisotopic (exact) mass is 382 g/mol. The fourth-order valence-electron chi connectivity index (χ4n) is 3.60. The Morgan fingerprint density at radius 2 is 2.04 bits per heavy atom. The predicted molar refractivity (Wildman–Crippen MR) is 106 cm³/mol. The fourth-order valence-corrected chi connectivity index (χ4v) is 4.78. The van der Waals surface area contributed by atoms with Gasteiger partial charge < -0.3 is 14.4 Å². The highest BCUT2D eigenvalue weighted by Crippen LogP contribution is 2.36. The molecular formula is C20H22N4O2S. The van der Waals surface area contributed by atoms with Crippen LogP contribution in [0.25, 0.3) is 11.0 Å². The van der Waals surface area contributed by atoms with Gasteiger partial charge in [-0.2, -0.15) is 0 Å². The summed E-state index contributed by atoms with van der Waals surface area (Å²) in [5.41, 5.74) is 1.87. The van der Waals surface area contributed by atoms with Gasteiger partial charge in [0.2, 0.25) is 5.91 Å². The average molecular weight is 382 g/mol. The summed E-state index contributed by atoms with van der Waals surface area (Å²) in [6, 6.07) is 11.7. The Hall–Kier alpha value is -2.67. The van der Waals surface area contributed by atoms with Gasteiger partial charge in [-0.25, -0.2) is 4.98 Å². The zero-order valence-corrected chi connectivity index (χ0v) is 16.3. The molecule has 2 aromatic heterocycles. The number of amides is 2. The van der Waals surface area contributed by atoms with Crippen LogP contribution in [0, 0.1) is 0 Å². The van der Waals surface area contributed by atoms with E-state index in [0.29, 0.717) is 0 Å². The van der Waals surface area contributed by atoms with E-state index in [9.17, 15) is 9.59 Å². The van der Waals surface area contributed by atoms with Crippen molar-refractivity contribution >= 4 is 34.2 Å². The molecule has 1 atom stereocenters. The molecule has 0 aliphatic carbocycles. The molecule has 4 rings (SSSR count). The number of hydrogen-bond acceptors (Lipinski definition) is 4. The van der Waals surface area contributed by atoms with Gasteiger partial charge in [0.05, 0.1) is 28.3 Å². The van der Waals surface area contributed by atoms with Crippen molar-refractivity contribution in [3.63, 3.8) is 0 Å². The van der Waals surface area contributed by atoms with Crippen molar-refractivity contribution in [3.05, 3.63) is 52.5 Å². The minimum Gasteiger partial charge on any atom is -0.344 e. The number of para-hydroxylation sites is 2. The maximum atomic E-state index is 13.0. The molecule has 1 saturated heterocycles. The molecular weight excluding hydrogens is 360 g/mol. The first kappa shape index (κ1) is 17.7. The van der Waals surface area contributed by atoms with Gasteiger partial charge in [-0.1, -0.05) is 12.1 Å². The van der Waals surface area contributed by atoms with E-state index in [1.165, 1.54) is 11.3 Å². The van der Waals surface area contributed by atoms with Crippen LogP contribution < -0.4 is 0 Å². The van der Waals surface area contributed by atoms with Gasteiger partial charge in [-0.3, -0.25) is 9.59 Å². The topological polar surface area (TPSA) is 58.4 Å². The molecule has 27 heavy (non-hydrogen) atoms. The van der Waals surface area contributed by atoms with Crippen molar-refractivity contribution in [2.45, 2.75) is 25.4 Å². The van der Waals surface area contributed by atoms with Gasteiger partial charge >= 0.3 is 0 Å². The molecule has 7 heteroatoms. The summed E-state index contributed by atoms with van der Waals surface area (Å²) in [7, 11) is 3.51. The quantitative estimate of drug-likeness (QED) is 0.696. The number of carbonyl (C=O) groups is 2. The summed E-state index contributed by atoms with van der Waals surface area (Å²) < 4.78 is 1.91. The van der Waals surface area contributed by atoms with E-state index >= 15 is 0 Å². The lowest BCUT2D eigenvalue weighted by atomic mass is 10.2. The Morgan fingerprint density at radius 1 is 1.22 bits per heavy atom. The summed E-state index contributed by atoms with van der Waals surface area (Å²) in [5, 5.41) is 0. The molecule has 1 aromatic carbocycles. The normalized spacial score (nSPS) is 16.8. The third kappa shape index (κ3) is 3.35. The molecule has 6 nitrogen and oxygen atoms in total. The Balaban J connectivity index is 1.53. The lowest BCUT2D eigenvalue weighted by Crippen LogP contribution is -2.33. The fraction of sp³-hybridized carbons (Fsp3) is 0.350. The second-order valence-electron chi connectivity index (χ2n) is 7.01. The first-order valence-electron chi connectivity index (χ1n) is 9.05. The molecule has 1 aliphatic rings. The van der Waals surface area contributed by atoms with Crippen LogP contribution in [0.1, 0.15) is 33.4 Å². The van der Waals surface area contributed by atoms with E-state index in [0.717, 1.165) is 40.2 Å². The number of nitrogens with zero attached hydrogens (tertiary/aromatic N) is 4. The number of rotatable bonds is 4. The van der Waals surface area contributed by atoms with Crippen LogP contribution in [0.2, 0.25) is 0 Å². The minimum absolute atomic E-state index is 0.00649. The average Bonchev–Trinajstić information content (AvgIpc) is 3.40. The van der Waals surface area contributed by atoms with Gasteiger partial charge in [0.1, 0.15) is 6.54 Å². The number of fused-ring (bicyclic) bond motifs is 1. The van der Waals surface area contributed by atoms with Crippen LogP contribution in [0.5, 0.6) is 0 Å². The molecule has 0 bridgehead atoms.